The van der Waals surface area contributed by atoms with E-state index in [-0.39, 0.29) is 5.91 Å². The van der Waals surface area contributed by atoms with Crippen LogP contribution in [0.15, 0.2) is 71.2 Å². The maximum absolute atomic E-state index is 13.7. The first-order valence-corrected chi connectivity index (χ1v) is 12.6. The molecule has 1 aliphatic heterocycles. The van der Waals surface area contributed by atoms with Gasteiger partial charge in [0, 0.05) is 49.4 Å². The monoisotopic (exact) mass is 545 g/mol. The Hall–Kier alpha value is -2.05. The fraction of sp³-hybridized carbons (Fsp3) is 0.269. The number of rotatable bonds is 3. The molecule has 3 aromatic carbocycles. The predicted molar refractivity (Wildman–Crippen MR) is 140 cm³/mol. The van der Waals surface area contributed by atoms with Gasteiger partial charge in [0.25, 0.3) is 5.91 Å². The zero-order chi connectivity index (χ0) is 23.2. The van der Waals surface area contributed by atoms with Crippen molar-refractivity contribution in [1.29, 1.82) is 0 Å². The number of hydrogen-bond donors (Lipinski definition) is 1. The van der Waals surface area contributed by atoms with Gasteiger partial charge in [0.15, 0.2) is 0 Å². The van der Waals surface area contributed by atoms with Crippen LogP contribution in [-0.2, 0) is 13.1 Å². The molecule has 3 aromatic rings. The van der Waals surface area contributed by atoms with E-state index in [1.807, 2.05) is 17.0 Å². The van der Waals surface area contributed by atoms with Crippen molar-refractivity contribution in [3.8, 4) is 0 Å². The highest BCUT2D eigenvalue weighted by molar-refractivity contribution is 9.10. The number of nitrogens with zero attached hydrogens (tertiary/aromatic N) is 2. The highest BCUT2D eigenvalue weighted by Crippen LogP contribution is 2.28. The molecule has 0 aromatic heterocycles. The Morgan fingerprint density at radius 1 is 0.939 bits per heavy atom. The van der Waals surface area contributed by atoms with Gasteiger partial charge in [-0.2, -0.15) is 0 Å². The van der Waals surface area contributed by atoms with Crippen molar-refractivity contribution in [2.75, 3.05) is 31.5 Å². The molecule has 172 valence electrons. The zero-order valence-electron chi connectivity index (χ0n) is 18.2. The lowest BCUT2D eigenvalue weighted by Crippen LogP contribution is -2.38. The van der Waals surface area contributed by atoms with E-state index in [1.165, 1.54) is 5.56 Å². The van der Waals surface area contributed by atoms with E-state index in [9.17, 15) is 4.79 Å². The van der Waals surface area contributed by atoms with Gasteiger partial charge in [0.05, 0.1) is 15.6 Å². The minimum Gasteiger partial charge on any atom is -0.385 e. The summed E-state index contributed by atoms with van der Waals surface area (Å²) >= 11 is 16.4. The number of anilines is 1. The Morgan fingerprint density at radius 3 is 2.45 bits per heavy atom. The number of benzene rings is 3. The standard InChI is InChI=1S/C26H26BrCl2N3O/c27-21-10-11-24-20(16-21)18-32(26(33)25-22(28)8-4-9-23(25)29)15-14-31(13-5-12-30-24)17-19-6-2-1-3-7-19/h1-4,6-11,16,30H,5,12-15,17-18H2. The van der Waals surface area contributed by atoms with Gasteiger partial charge in [-0.25, -0.2) is 0 Å². The van der Waals surface area contributed by atoms with Crippen LogP contribution in [0.25, 0.3) is 0 Å². The number of carbonyl (C=O) groups excluding carboxylic acids is 1. The number of carbonyl (C=O) groups is 1. The van der Waals surface area contributed by atoms with Gasteiger partial charge in [-0.15, -0.1) is 0 Å². The first-order valence-electron chi connectivity index (χ1n) is 11.0. The Labute approximate surface area is 213 Å². The summed E-state index contributed by atoms with van der Waals surface area (Å²) in [5.74, 6) is -0.157. The third-order valence-corrected chi connectivity index (χ3v) is 6.92. The fourth-order valence-corrected chi connectivity index (χ4v) is 5.05. The summed E-state index contributed by atoms with van der Waals surface area (Å²) in [7, 11) is 0. The molecule has 0 aliphatic carbocycles. The van der Waals surface area contributed by atoms with Gasteiger partial charge in [-0.1, -0.05) is 75.5 Å². The number of fused-ring (bicyclic) bond motifs is 1. The topological polar surface area (TPSA) is 35.6 Å². The average molecular weight is 547 g/mol. The van der Waals surface area contributed by atoms with Crippen LogP contribution in [-0.4, -0.2) is 41.9 Å². The third-order valence-electron chi connectivity index (χ3n) is 5.79. The molecule has 1 heterocycles. The lowest BCUT2D eigenvalue weighted by molar-refractivity contribution is 0.0720. The molecule has 0 spiro atoms. The average Bonchev–Trinajstić information content (AvgIpc) is 2.83. The van der Waals surface area contributed by atoms with Gasteiger partial charge < -0.3 is 10.2 Å². The van der Waals surface area contributed by atoms with Crippen LogP contribution in [0.2, 0.25) is 10.0 Å². The van der Waals surface area contributed by atoms with Crippen molar-refractivity contribution in [2.45, 2.75) is 19.5 Å². The lowest BCUT2D eigenvalue weighted by atomic mass is 10.1. The lowest BCUT2D eigenvalue weighted by Gasteiger charge is -2.28. The van der Waals surface area contributed by atoms with E-state index in [4.69, 9.17) is 23.2 Å². The Kier molecular flexibility index (Phi) is 8.31. The van der Waals surface area contributed by atoms with E-state index >= 15 is 0 Å². The molecular weight excluding hydrogens is 521 g/mol. The molecule has 0 radical (unpaired) electrons. The second-order valence-corrected chi connectivity index (χ2v) is 9.90. The molecule has 1 N–H and O–H groups in total. The summed E-state index contributed by atoms with van der Waals surface area (Å²) in [4.78, 5) is 17.9. The van der Waals surface area contributed by atoms with Gasteiger partial charge in [0.1, 0.15) is 0 Å². The molecule has 0 bridgehead atoms. The van der Waals surface area contributed by atoms with Crippen molar-refractivity contribution in [3.63, 3.8) is 0 Å². The number of halogens is 3. The Morgan fingerprint density at radius 2 is 1.70 bits per heavy atom. The van der Waals surface area contributed by atoms with Gasteiger partial charge in [-0.3, -0.25) is 9.69 Å². The van der Waals surface area contributed by atoms with Crippen molar-refractivity contribution in [1.82, 2.24) is 9.80 Å². The minimum absolute atomic E-state index is 0.157. The number of nitrogens with one attached hydrogen (secondary N) is 1. The highest BCUT2D eigenvalue weighted by atomic mass is 79.9. The van der Waals surface area contributed by atoms with Crippen molar-refractivity contribution >= 4 is 50.7 Å². The van der Waals surface area contributed by atoms with Crippen LogP contribution < -0.4 is 5.32 Å². The molecule has 7 heteroatoms. The van der Waals surface area contributed by atoms with Crippen LogP contribution in [0.1, 0.15) is 27.9 Å². The van der Waals surface area contributed by atoms with Crippen LogP contribution in [0.5, 0.6) is 0 Å². The molecule has 0 unspecified atom stereocenters. The first-order chi connectivity index (χ1) is 16.0. The van der Waals surface area contributed by atoms with Gasteiger partial charge >= 0.3 is 0 Å². The molecular formula is C26H26BrCl2N3O. The predicted octanol–water partition coefficient (Wildman–Crippen LogP) is 6.72. The van der Waals surface area contributed by atoms with Crippen LogP contribution in [0.4, 0.5) is 5.69 Å². The maximum atomic E-state index is 13.7. The smallest absolute Gasteiger partial charge is 0.257 e. The van der Waals surface area contributed by atoms with Crippen molar-refractivity contribution in [2.24, 2.45) is 0 Å². The normalized spacial score (nSPS) is 15.3. The molecule has 1 amide bonds. The molecule has 0 saturated carbocycles. The highest BCUT2D eigenvalue weighted by Gasteiger charge is 2.24. The Balaban J connectivity index is 1.64. The molecule has 1 aliphatic rings. The van der Waals surface area contributed by atoms with Gasteiger partial charge in [-0.05, 0) is 47.9 Å². The number of hydrogen-bond acceptors (Lipinski definition) is 3. The van der Waals surface area contributed by atoms with E-state index in [1.54, 1.807) is 18.2 Å². The summed E-state index contributed by atoms with van der Waals surface area (Å²) in [5, 5.41) is 4.30. The molecule has 33 heavy (non-hydrogen) atoms. The minimum atomic E-state index is -0.157. The van der Waals surface area contributed by atoms with E-state index in [0.29, 0.717) is 28.7 Å². The summed E-state index contributed by atoms with van der Waals surface area (Å²) in [5.41, 5.74) is 3.71. The second kappa shape index (κ2) is 11.4. The summed E-state index contributed by atoms with van der Waals surface area (Å²) in [6, 6.07) is 21.8. The quantitative estimate of drug-likeness (QED) is 0.396. The van der Waals surface area contributed by atoms with Crippen LogP contribution >= 0.6 is 39.1 Å². The van der Waals surface area contributed by atoms with E-state index in [2.05, 4.69) is 62.5 Å². The number of amides is 1. The largest absolute Gasteiger partial charge is 0.385 e. The maximum Gasteiger partial charge on any atom is 0.257 e. The summed E-state index contributed by atoms with van der Waals surface area (Å²) in [6.07, 6.45) is 1.01. The van der Waals surface area contributed by atoms with Crippen LogP contribution in [0.3, 0.4) is 0 Å². The van der Waals surface area contributed by atoms with Gasteiger partial charge in [0.2, 0.25) is 0 Å². The molecule has 0 fully saturated rings. The van der Waals surface area contributed by atoms with Crippen molar-refractivity contribution in [3.05, 3.63) is 97.9 Å². The summed E-state index contributed by atoms with van der Waals surface area (Å²) < 4.78 is 0.979. The zero-order valence-corrected chi connectivity index (χ0v) is 21.3. The fourth-order valence-electron chi connectivity index (χ4n) is 4.08. The van der Waals surface area contributed by atoms with Crippen LogP contribution in [0, 0.1) is 0 Å². The molecule has 0 atom stereocenters. The second-order valence-electron chi connectivity index (χ2n) is 8.17. The van der Waals surface area contributed by atoms with E-state index in [0.717, 1.165) is 48.3 Å². The summed E-state index contributed by atoms with van der Waals surface area (Å²) in [6.45, 7) is 4.42. The first kappa shape index (κ1) is 24.1. The third kappa shape index (κ3) is 6.30. The molecule has 0 saturated heterocycles. The molecule has 4 nitrogen and oxygen atoms in total. The Bertz CT molecular complexity index is 1090. The van der Waals surface area contributed by atoms with Crippen molar-refractivity contribution < 1.29 is 4.79 Å². The van der Waals surface area contributed by atoms with E-state index < -0.39 is 0 Å². The SMILES string of the molecule is O=C(c1c(Cl)cccc1Cl)N1CCN(Cc2ccccc2)CCCNc2ccc(Br)cc2C1. The molecule has 4 rings (SSSR count).